The van der Waals surface area contributed by atoms with Gasteiger partial charge in [0.15, 0.2) is 11.3 Å². The van der Waals surface area contributed by atoms with Gasteiger partial charge in [-0.15, -0.1) is 5.10 Å². The number of fused-ring (bicyclic) bond motifs is 1. The number of H-pyrrole nitrogens is 1. The third-order valence-corrected chi connectivity index (χ3v) is 3.48. The molecule has 1 aliphatic carbocycles. The number of ether oxygens (including phenoxy) is 1. The predicted molar refractivity (Wildman–Crippen MR) is 68.2 cm³/mol. The van der Waals surface area contributed by atoms with Gasteiger partial charge in [-0.3, -0.25) is 0 Å². The van der Waals surface area contributed by atoms with Gasteiger partial charge in [-0.05, 0) is 18.8 Å². The molecule has 1 aliphatic rings. The van der Waals surface area contributed by atoms with Crippen molar-refractivity contribution < 1.29 is 4.74 Å². The number of nitrogen functional groups attached to an aromatic ring is 1. The molecular weight excluding hydrogens is 230 g/mol. The lowest BCUT2D eigenvalue weighted by atomic mass is 9.90. The van der Waals surface area contributed by atoms with Crippen molar-refractivity contribution in [1.82, 2.24) is 20.4 Å². The second-order valence-corrected chi connectivity index (χ2v) is 4.86. The second kappa shape index (κ2) is 4.80. The summed E-state index contributed by atoms with van der Waals surface area (Å²) in [6.45, 7) is 0.728. The lowest BCUT2D eigenvalue weighted by molar-refractivity contribution is 0.210. The van der Waals surface area contributed by atoms with E-state index in [1.54, 1.807) is 6.07 Å². The van der Waals surface area contributed by atoms with Crippen LogP contribution in [0.2, 0.25) is 0 Å². The summed E-state index contributed by atoms with van der Waals surface area (Å²) in [4.78, 5) is 4.08. The van der Waals surface area contributed by atoms with E-state index in [4.69, 9.17) is 10.5 Å². The fourth-order valence-electron chi connectivity index (χ4n) is 2.50. The second-order valence-electron chi connectivity index (χ2n) is 4.86. The molecule has 2 aromatic rings. The molecule has 0 radical (unpaired) electrons. The number of pyridine rings is 1. The molecule has 0 amide bonds. The predicted octanol–water partition coefficient (Wildman–Crippen LogP) is 1.89. The SMILES string of the molecule is Nc1cc(OCC2CCCCC2)c2n[nH]nc2n1. The molecular formula is C12H17N5O. The molecule has 0 saturated heterocycles. The number of hydrogen-bond donors (Lipinski definition) is 2. The molecule has 0 atom stereocenters. The molecule has 0 spiro atoms. The van der Waals surface area contributed by atoms with Gasteiger partial charge in [0.2, 0.25) is 5.65 Å². The highest BCUT2D eigenvalue weighted by Crippen LogP contribution is 2.27. The Labute approximate surface area is 105 Å². The fraction of sp³-hybridized carbons (Fsp3) is 0.583. The van der Waals surface area contributed by atoms with Gasteiger partial charge in [0.05, 0.1) is 6.61 Å². The van der Waals surface area contributed by atoms with E-state index in [-0.39, 0.29) is 0 Å². The van der Waals surface area contributed by atoms with Crippen LogP contribution < -0.4 is 10.5 Å². The van der Waals surface area contributed by atoms with Crippen LogP contribution in [0.1, 0.15) is 32.1 Å². The first-order valence-electron chi connectivity index (χ1n) is 6.43. The summed E-state index contributed by atoms with van der Waals surface area (Å²) >= 11 is 0. The summed E-state index contributed by atoms with van der Waals surface area (Å²) in [5, 5.41) is 10.5. The normalized spacial score (nSPS) is 17.1. The first-order chi connectivity index (χ1) is 8.83. The summed E-state index contributed by atoms with van der Waals surface area (Å²) in [5.41, 5.74) is 6.88. The summed E-state index contributed by atoms with van der Waals surface area (Å²) < 4.78 is 5.86. The lowest BCUT2D eigenvalue weighted by Gasteiger charge is -2.21. The number of nitrogens with zero attached hydrogens (tertiary/aromatic N) is 3. The van der Waals surface area contributed by atoms with Crippen molar-refractivity contribution in [2.75, 3.05) is 12.3 Å². The van der Waals surface area contributed by atoms with Crippen LogP contribution in [0.25, 0.3) is 11.2 Å². The molecule has 1 saturated carbocycles. The van der Waals surface area contributed by atoms with Crippen molar-refractivity contribution in [3.8, 4) is 5.75 Å². The highest BCUT2D eigenvalue weighted by molar-refractivity contribution is 5.78. The molecule has 0 aliphatic heterocycles. The smallest absolute Gasteiger partial charge is 0.207 e. The summed E-state index contributed by atoms with van der Waals surface area (Å²) in [6, 6.07) is 1.72. The van der Waals surface area contributed by atoms with Crippen molar-refractivity contribution in [3.63, 3.8) is 0 Å². The highest BCUT2D eigenvalue weighted by atomic mass is 16.5. The van der Waals surface area contributed by atoms with E-state index in [1.807, 2.05) is 0 Å². The number of hydrogen-bond acceptors (Lipinski definition) is 5. The standard InChI is InChI=1S/C12H17N5O/c13-10-6-9(11-12(14-10)16-17-15-11)18-7-8-4-2-1-3-5-8/h6,8H,1-5,7H2,(H3,13,14,15,16,17). The van der Waals surface area contributed by atoms with Crippen LogP contribution in [0.3, 0.4) is 0 Å². The highest BCUT2D eigenvalue weighted by Gasteiger charge is 2.16. The third kappa shape index (κ3) is 2.23. The van der Waals surface area contributed by atoms with Gasteiger partial charge in [0, 0.05) is 6.07 Å². The van der Waals surface area contributed by atoms with Crippen LogP contribution in [0, 0.1) is 5.92 Å². The van der Waals surface area contributed by atoms with Crippen molar-refractivity contribution >= 4 is 17.0 Å². The maximum absolute atomic E-state index is 5.86. The molecule has 2 heterocycles. The van der Waals surface area contributed by atoms with Gasteiger partial charge in [0.1, 0.15) is 5.82 Å². The van der Waals surface area contributed by atoms with Gasteiger partial charge in [-0.25, -0.2) is 4.98 Å². The molecule has 0 unspecified atom stereocenters. The average Bonchev–Trinajstić information content (AvgIpc) is 2.85. The van der Waals surface area contributed by atoms with Crippen LogP contribution in [0.4, 0.5) is 5.82 Å². The van der Waals surface area contributed by atoms with Crippen LogP contribution in [-0.4, -0.2) is 27.0 Å². The minimum atomic E-state index is 0.412. The molecule has 2 aromatic heterocycles. The monoisotopic (exact) mass is 247 g/mol. The number of anilines is 1. The molecule has 3 N–H and O–H groups in total. The van der Waals surface area contributed by atoms with E-state index in [9.17, 15) is 0 Å². The summed E-state index contributed by atoms with van der Waals surface area (Å²) in [7, 11) is 0. The molecule has 6 nitrogen and oxygen atoms in total. The van der Waals surface area contributed by atoms with Gasteiger partial charge >= 0.3 is 0 Å². The van der Waals surface area contributed by atoms with E-state index in [1.165, 1.54) is 32.1 Å². The van der Waals surface area contributed by atoms with E-state index >= 15 is 0 Å². The number of nitrogens with one attached hydrogen (secondary N) is 1. The van der Waals surface area contributed by atoms with Gasteiger partial charge in [-0.2, -0.15) is 10.3 Å². The van der Waals surface area contributed by atoms with E-state index in [0.717, 1.165) is 6.61 Å². The van der Waals surface area contributed by atoms with Crippen LogP contribution in [0.15, 0.2) is 6.07 Å². The molecule has 0 aromatic carbocycles. The molecule has 18 heavy (non-hydrogen) atoms. The van der Waals surface area contributed by atoms with E-state index < -0.39 is 0 Å². The number of nitrogens with two attached hydrogens (primary N) is 1. The van der Waals surface area contributed by atoms with Crippen molar-refractivity contribution in [1.29, 1.82) is 0 Å². The van der Waals surface area contributed by atoms with Gasteiger partial charge in [0.25, 0.3) is 0 Å². The molecule has 1 fully saturated rings. The van der Waals surface area contributed by atoms with Crippen LogP contribution in [0.5, 0.6) is 5.75 Å². The van der Waals surface area contributed by atoms with Crippen molar-refractivity contribution in [2.45, 2.75) is 32.1 Å². The Morgan fingerprint density at radius 3 is 2.94 bits per heavy atom. The zero-order valence-corrected chi connectivity index (χ0v) is 10.2. The maximum Gasteiger partial charge on any atom is 0.207 e. The van der Waals surface area contributed by atoms with Gasteiger partial charge < -0.3 is 10.5 Å². The zero-order valence-electron chi connectivity index (χ0n) is 10.2. The molecule has 6 heteroatoms. The number of rotatable bonds is 3. The first-order valence-corrected chi connectivity index (χ1v) is 6.43. The largest absolute Gasteiger partial charge is 0.491 e. The number of aromatic amines is 1. The van der Waals surface area contributed by atoms with Crippen LogP contribution >= 0.6 is 0 Å². The first kappa shape index (κ1) is 11.3. The van der Waals surface area contributed by atoms with Crippen molar-refractivity contribution in [3.05, 3.63) is 6.07 Å². The van der Waals surface area contributed by atoms with Crippen LogP contribution in [-0.2, 0) is 0 Å². The summed E-state index contributed by atoms with van der Waals surface area (Å²) in [5.74, 6) is 1.74. The Morgan fingerprint density at radius 2 is 2.11 bits per heavy atom. The maximum atomic E-state index is 5.86. The number of aromatic nitrogens is 4. The third-order valence-electron chi connectivity index (χ3n) is 3.48. The van der Waals surface area contributed by atoms with E-state index in [0.29, 0.717) is 28.6 Å². The zero-order chi connectivity index (χ0) is 12.4. The quantitative estimate of drug-likeness (QED) is 0.864. The Bertz CT molecular complexity index is 532. The average molecular weight is 247 g/mol. The Balaban J connectivity index is 1.75. The molecule has 0 bridgehead atoms. The van der Waals surface area contributed by atoms with E-state index in [2.05, 4.69) is 20.4 Å². The Hall–Kier alpha value is -1.85. The summed E-state index contributed by atoms with van der Waals surface area (Å²) in [6.07, 6.45) is 6.48. The minimum absolute atomic E-state index is 0.412. The molecule has 3 rings (SSSR count). The molecule has 96 valence electrons. The topological polar surface area (TPSA) is 89.7 Å². The minimum Gasteiger partial charge on any atom is -0.491 e. The lowest BCUT2D eigenvalue weighted by Crippen LogP contribution is -2.15. The van der Waals surface area contributed by atoms with Gasteiger partial charge in [-0.1, -0.05) is 19.3 Å². The fourth-order valence-corrected chi connectivity index (χ4v) is 2.50. The Morgan fingerprint density at radius 1 is 1.28 bits per heavy atom. The van der Waals surface area contributed by atoms with Crippen molar-refractivity contribution in [2.24, 2.45) is 5.92 Å². The Kier molecular flexibility index (Phi) is 3.00.